The molecule has 0 N–H and O–H groups in total. The van der Waals surface area contributed by atoms with E-state index in [1.165, 1.54) is 47.7 Å². The molecule has 0 unspecified atom stereocenters. The summed E-state index contributed by atoms with van der Waals surface area (Å²) >= 11 is 0. The van der Waals surface area contributed by atoms with E-state index in [9.17, 15) is 28.8 Å². The minimum atomic E-state index is -1.37. The van der Waals surface area contributed by atoms with Gasteiger partial charge < -0.3 is 61.7 Å². The quantitative estimate of drug-likeness (QED) is 0.0576. The number of unbranched alkanes of at least 4 members (excludes halogenated alkanes) is 1. The standard InChI is InChI=1S/C58H95N3O18/c1-17-46(65)76-44-32-48(67)71-36(4)27-29-61(28-23-22-26-42-24-20-19-21-25-42)60(13)34-45(74-39(7)62)35(3)30-43(31-49(68-14)69-15)51(54(44)70-16)55-56(75-40(8)63)52(59(11)12)53(37(5)73-55)78-50-33-58(10,79-41(9)64)57(38(6)72-50)77-47(66)18-2/h19-21,24-25,35-38,43-45,49-57H,17-18,22-23,26-34H2,1-16H3/t35-,36-,37-,38+,43-,44-,45+,50+,51+,52+,53-,54-,55+,56-,57+,58-/m1/s1. The maximum Gasteiger partial charge on any atom is 0.309 e. The first-order valence-corrected chi connectivity index (χ1v) is 28.2. The van der Waals surface area contributed by atoms with Crippen molar-refractivity contribution in [2.24, 2.45) is 17.8 Å². The number of aryl methyl sites for hydroxylation is 1. The van der Waals surface area contributed by atoms with Gasteiger partial charge >= 0.3 is 35.8 Å². The molecule has 79 heavy (non-hydrogen) atoms. The van der Waals surface area contributed by atoms with Crippen molar-refractivity contribution in [1.29, 1.82) is 0 Å². The van der Waals surface area contributed by atoms with Crippen molar-refractivity contribution in [2.45, 2.75) is 219 Å². The summed E-state index contributed by atoms with van der Waals surface area (Å²) in [6, 6.07) is 9.52. The number of hydrogen-bond acceptors (Lipinski definition) is 21. The largest absolute Gasteiger partial charge is 0.463 e. The zero-order chi connectivity index (χ0) is 58.7. The van der Waals surface area contributed by atoms with Gasteiger partial charge in [-0.25, -0.2) is 10.0 Å². The Labute approximate surface area is 469 Å². The van der Waals surface area contributed by atoms with E-state index in [0.29, 0.717) is 32.5 Å². The van der Waals surface area contributed by atoms with Crippen LogP contribution in [-0.4, -0.2) is 198 Å². The third-order valence-corrected chi connectivity index (χ3v) is 15.5. The highest BCUT2D eigenvalue weighted by molar-refractivity contribution is 5.73. The Morgan fingerprint density at radius 1 is 0.797 bits per heavy atom. The Bertz CT molecular complexity index is 2060. The molecule has 0 spiro atoms. The van der Waals surface area contributed by atoms with E-state index in [-0.39, 0.29) is 31.6 Å². The highest BCUT2D eigenvalue weighted by Gasteiger charge is 2.58. The molecule has 21 nitrogen and oxygen atoms in total. The van der Waals surface area contributed by atoms with E-state index >= 15 is 0 Å². The van der Waals surface area contributed by atoms with Crippen LogP contribution in [0, 0.1) is 17.8 Å². The SMILES string of the molecule is CCC(=O)O[C@@H]1CC(=O)O[C@H](C)CCN(CCCCc2ccccc2)N(C)C[C@H](OC(C)=O)[C@H](C)C[C@H](CC(OC)OC)[C@H]([C@@H]2O[C@H](C)[C@@H](O[C@H]3C[C@@](C)(OC(C)=O)[C@@H](OC(=O)CC)[C@H](C)O3)[C@H](N(C)C)[C@H]2OC(C)=O)[C@@H]1OC. The summed E-state index contributed by atoms with van der Waals surface area (Å²) in [6.45, 7) is 17.8. The van der Waals surface area contributed by atoms with Crippen LogP contribution in [0.3, 0.4) is 0 Å². The van der Waals surface area contributed by atoms with E-state index < -0.39 is 139 Å². The maximum absolute atomic E-state index is 14.3. The summed E-state index contributed by atoms with van der Waals surface area (Å²) in [5.41, 5.74) is -0.118. The molecule has 0 bridgehead atoms. The predicted octanol–water partition coefficient (Wildman–Crippen LogP) is 6.23. The molecule has 3 saturated heterocycles. The average molecular weight is 1120 g/mol. The highest BCUT2D eigenvalue weighted by Crippen LogP contribution is 2.44. The van der Waals surface area contributed by atoms with Crippen molar-refractivity contribution in [3.8, 4) is 0 Å². The van der Waals surface area contributed by atoms with Gasteiger partial charge in [-0.3, -0.25) is 28.8 Å². The fourth-order valence-electron chi connectivity index (χ4n) is 11.7. The number of likely N-dealkylation sites (N-methyl/N-ethyl adjacent to an activating group) is 2. The molecule has 0 radical (unpaired) electrons. The van der Waals surface area contributed by atoms with Gasteiger partial charge in [-0.2, -0.15) is 0 Å². The van der Waals surface area contributed by atoms with Crippen molar-refractivity contribution in [1.82, 2.24) is 14.9 Å². The number of benzene rings is 1. The van der Waals surface area contributed by atoms with Crippen LogP contribution in [0.25, 0.3) is 0 Å². The number of hydrogen-bond donors (Lipinski definition) is 0. The van der Waals surface area contributed by atoms with Crippen LogP contribution >= 0.6 is 0 Å². The minimum Gasteiger partial charge on any atom is -0.463 e. The second-order valence-electron chi connectivity index (χ2n) is 22.0. The van der Waals surface area contributed by atoms with Crippen LogP contribution in [-0.2, 0) is 92.0 Å². The molecule has 4 rings (SSSR count). The Kier molecular flexibility index (Phi) is 27.5. The average Bonchev–Trinajstić information content (AvgIpc) is 3.51. The fourth-order valence-corrected chi connectivity index (χ4v) is 11.7. The Balaban J connectivity index is 1.91. The molecule has 0 saturated carbocycles. The van der Waals surface area contributed by atoms with Crippen molar-refractivity contribution >= 4 is 35.8 Å². The number of rotatable bonds is 21. The molecule has 3 aliphatic heterocycles. The number of methoxy groups -OCH3 is 3. The Morgan fingerprint density at radius 3 is 2.03 bits per heavy atom. The second kappa shape index (κ2) is 32.4. The Hall–Kier alpha value is -4.32. The van der Waals surface area contributed by atoms with Crippen LogP contribution in [0.2, 0.25) is 0 Å². The van der Waals surface area contributed by atoms with Gasteiger partial charge in [0.15, 0.2) is 24.3 Å². The number of nitrogens with zero attached hydrogens (tertiary/aromatic N) is 3. The van der Waals surface area contributed by atoms with Crippen LogP contribution in [0.1, 0.15) is 133 Å². The number of ether oxygens (including phenoxy) is 12. The zero-order valence-electron chi connectivity index (χ0n) is 50.0. The minimum absolute atomic E-state index is 0.0212. The third-order valence-electron chi connectivity index (χ3n) is 15.5. The zero-order valence-corrected chi connectivity index (χ0v) is 50.0. The van der Waals surface area contributed by atoms with Crippen molar-refractivity contribution in [2.75, 3.05) is 62.1 Å². The van der Waals surface area contributed by atoms with Crippen LogP contribution in [0.5, 0.6) is 0 Å². The van der Waals surface area contributed by atoms with Crippen molar-refractivity contribution in [3.05, 3.63) is 35.9 Å². The summed E-state index contributed by atoms with van der Waals surface area (Å²) in [7, 11) is 10.1. The molecule has 3 fully saturated rings. The number of carbonyl (C=O) groups is 6. The normalized spacial score (nSPS) is 32.9. The molecular formula is C58H95N3O18. The number of hydrazine groups is 1. The van der Waals surface area contributed by atoms with Gasteiger partial charge in [0, 0.05) is 93.8 Å². The number of cyclic esters (lactones) is 1. The van der Waals surface area contributed by atoms with E-state index in [4.69, 9.17) is 56.8 Å². The lowest BCUT2D eigenvalue weighted by Gasteiger charge is -2.54. The molecule has 1 aromatic carbocycles. The van der Waals surface area contributed by atoms with Gasteiger partial charge in [-0.15, -0.1) is 0 Å². The molecule has 21 heteroatoms. The van der Waals surface area contributed by atoms with Crippen LogP contribution in [0.15, 0.2) is 30.3 Å². The van der Waals surface area contributed by atoms with E-state index in [2.05, 4.69) is 22.2 Å². The molecule has 450 valence electrons. The second-order valence-corrected chi connectivity index (χ2v) is 22.0. The van der Waals surface area contributed by atoms with Crippen molar-refractivity contribution in [3.63, 3.8) is 0 Å². The molecule has 0 amide bonds. The number of esters is 6. The van der Waals surface area contributed by atoms with Gasteiger partial charge in [0.25, 0.3) is 0 Å². The molecule has 1 aromatic rings. The van der Waals surface area contributed by atoms with Crippen molar-refractivity contribution < 1.29 is 85.6 Å². The lowest BCUT2D eigenvalue weighted by molar-refractivity contribution is -0.320. The van der Waals surface area contributed by atoms with E-state index in [0.717, 1.165) is 19.3 Å². The molecule has 3 aliphatic rings. The summed E-state index contributed by atoms with van der Waals surface area (Å²) < 4.78 is 75.7. The first-order chi connectivity index (χ1) is 37.4. The molecule has 0 aliphatic carbocycles. The summed E-state index contributed by atoms with van der Waals surface area (Å²) in [4.78, 5) is 81.8. The number of carbonyl (C=O) groups excluding carboxylic acids is 6. The highest BCUT2D eigenvalue weighted by atomic mass is 16.7. The van der Waals surface area contributed by atoms with Gasteiger partial charge in [0.05, 0.1) is 31.2 Å². The van der Waals surface area contributed by atoms with Crippen LogP contribution < -0.4 is 0 Å². The lowest BCUT2D eigenvalue weighted by Crippen LogP contribution is -2.68. The lowest BCUT2D eigenvalue weighted by atomic mass is 9.70. The fraction of sp³-hybridized carbons (Fsp3) is 0.793. The van der Waals surface area contributed by atoms with E-state index in [1.54, 1.807) is 27.7 Å². The van der Waals surface area contributed by atoms with Gasteiger partial charge in [-0.1, -0.05) is 51.1 Å². The molecule has 0 aromatic heterocycles. The maximum atomic E-state index is 14.3. The summed E-state index contributed by atoms with van der Waals surface area (Å²) in [5.74, 6) is -5.33. The molecular weight excluding hydrogens is 1030 g/mol. The molecule has 16 atom stereocenters. The van der Waals surface area contributed by atoms with Crippen LogP contribution in [0.4, 0.5) is 0 Å². The predicted molar refractivity (Wildman–Crippen MR) is 290 cm³/mol. The van der Waals surface area contributed by atoms with Gasteiger partial charge in [-0.05, 0) is 91.3 Å². The van der Waals surface area contributed by atoms with E-state index in [1.807, 2.05) is 65.0 Å². The molecule has 3 heterocycles. The summed E-state index contributed by atoms with van der Waals surface area (Å²) in [6.07, 6.45) is -8.00. The smallest absolute Gasteiger partial charge is 0.309 e. The van der Waals surface area contributed by atoms with Gasteiger partial charge in [0.1, 0.15) is 42.7 Å². The first-order valence-electron chi connectivity index (χ1n) is 28.2. The van der Waals surface area contributed by atoms with Gasteiger partial charge in [0.2, 0.25) is 0 Å². The topological polar surface area (TPSA) is 223 Å². The first kappa shape index (κ1) is 67.2. The summed E-state index contributed by atoms with van der Waals surface area (Å²) in [5, 5.41) is 4.29. The Morgan fingerprint density at radius 2 is 1.44 bits per heavy atom. The monoisotopic (exact) mass is 1120 g/mol. The third kappa shape index (κ3) is 20.0.